The summed E-state index contributed by atoms with van der Waals surface area (Å²) in [5.74, 6) is 1.55. The normalized spacial score (nSPS) is 17.1. The maximum Gasteiger partial charge on any atom is 0.407 e. The van der Waals surface area contributed by atoms with Gasteiger partial charge in [-0.3, -0.25) is 23.6 Å². The number of piperidine rings is 3. The van der Waals surface area contributed by atoms with Crippen molar-refractivity contribution < 1.29 is 28.7 Å². The van der Waals surface area contributed by atoms with Crippen molar-refractivity contribution >= 4 is 76.0 Å². The zero-order valence-corrected chi connectivity index (χ0v) is 47.8. The Hall–Kier alpha value is -9.40. The first-order valence-corrected chi connectivity index (χ1v) is 26.7. The van der Waals surface area contributed by atoms with Gasteiger partial charge in [0.05, 0.1) is 54.2 Å². The molecule has 4 amide bonds. The lowest BCUT2D eigenvalue weighted by molar-refractivity contribution is 0.0488. The van der Waals surface area contributed by atoms with Crippen LogP contribution in [0.4, 0.5) is 61.6 Å². The van der Waals surface area contributed by atoms with Crippen LogP contribution in [0, 0.1) is 11.3 Å². The van der Waals surface area contributed by atoms with Gasteiger partial charge in [-0.05, 0) is 80.1 Å². The van der Waals surface area contributed by atoms with Gasteiger partial charge < -0.3 is 68.0 Å². The van der Waals surface area contributed by atoms with Crippen LogP contribution in [0.1, 0.15) is 107 Å². The quantitative estimate of drug-likeness (QED) is 0.0814. The molecule has 0 radical (unpaired) electrons. The van der Waals surface area contributed by atoms with Crippen molar-refractivity contribution in [3.05, 3.63) is 72.9 Å². The van der Waals surface area contributed by atoms with Gasteiger partial charge in [0.2, 0.25) is 0 Å². The Morgan fingerprint density at radius 1 is 0.561 bits per heavy atom. The van der Waals surface area contributed by atoms with E-state index < -0.39 is 35.2 Å². The largest absolute Gasteiger partial charge is 0.444 e. The number of aryl methyl sites for hydroxylation is 3. The number of primary amides is 2. The first-order valence-electron chi connectivity index (χ1n) is 26.7. The minimum atomic E-state index is -0.677. The van der Waals surface area contributed by atoms with Gasteiger partial charge in [-0.15, -0.1) is 0 Å². The Labute approximate surface area is 474 Å². The number of nitrogens with zero attached hydrogens (tertiary/aromatic N) is 16. The molecule has 3 fully saturated rings. The molecule has 3 atom stereocenters. The zero-order valence-electron chi connectivity index (χ0n) is 47.8. The van der Waals surface area contributed by atoms with E-state index in [0.717, 1.165) is 70.4 Å². The molecule has 0 aromatic carbocycles. The van der Waals surface area contributed by atoms with E-state index in [0.29, 0.717) is 53.6 Å². The van der Waals surface area contributed by atoms with E-state index in [4.69, 9.17) is 26.7 Å². The number of anilines is 9. The molecule has 30 nitrogen and oxygen atoms in total. The minimum absolute atomic E-state index is 0.0445. The standard InChI is InChI=1S/C19H28N8O3.C19H26N8O2.C14H20N8O/c1-19(2,3)30-18(29)24-12-6-5-7-27(11-12)14-9-21-15(16(20)28)17(25-14)23-13-8-22-26(4)10-13;1-19(2,3)29-18(28)24-13-6-5-7-27(12-13)16-10-21-15(8-20)17(25-16)23-14-9-22-26(4)11-14;1-21-8-10(5-18-21)19-14-12(13(16)23)17-6-11(20-14)22-4-2-3-9(15)7-22/h8-10,12H,5-7,11H2,1-4H3,(H2,20,28)(H,23,25)(H,24,29);9-11,13H,5-7,12H2,1-4H3,(H,23,25)(H,24,28);5-6,8-9H,2-4,7,15H2,1H3,(H2,16,23)(H,19,20). The van der Waals surface area contributed by atoms with Crippen LogP contribution in [0.2, 0.25) is 0 Å². The number of hydrogen-bond acceptors (Lipinski definition) is 23. The molecule has 6 aromatic heterocycles. The van der Waals surface area contributed by atoms with Crippen molar-refractivity contribution in [1.29, 1.82) is 5.26 Å². The van der Waals surface area contributed by atoms with Crippen molar-refractivity contribution in [2.24, 2.45) is 38.3 Å². The predicted octanol–water partition coefficient (Wildman–Crippen LogP) is 3.85. The summed E-state index contributed by atoms with van der Waals surface area (Å²) >= 11 is 0. The van der Waals surface area contributed by atoms with E-state index >= 15 is 0 Å². The maximum absolute atomic E-state index is 12.1. The topological polar surface area (TPSA) is 389 Å². The average Bonchev–Trinajstić information content (AvgIpc) is 4.29. The summed E-state index contributed by atoms with van der Waals surface area (Å²) < 4.78 is 15.6. The lowest BCUT2D eigenvalue weighted by Crippen LogP contribution is -2.49. The van der Waals surface area contributed by atoms with E-state index in [1.54, 1.807) is 77.7 Å². The van der Waals surface area contributed by atoms with Crippen LogP contribution in [0.25, 0.3) is 0 Å². The number of nitrogens with one attached hydrogen (secondary N) is 5. The van der Waals surface area contributed by atoms with Gasteiger partial charge in [0.1, 0.15) is 34.7 Å². The third-order valence-electron chi connectivity index (χ3n) is 12.5. The molecule has 3 aliphatic heterocycles. The van der Waals surface area contributed by atoms with Gasteiger partial charge in [-0.25, -0.2) is 39.5 Å². The van der Waals surface area contributed by atoms with E-state index in [9.17, 15) is 24.4 Å². The number of carbonyl (C=O) groups is 4. The molecule has 6 aromatic rings. The maximum atomic E-state index is 12.1. The van der Waals surface area contributed by atoms with Gasteiger partial charge in [-0.2, -0.15) is 20.6 Å². The van der Waals surface area contributed by atoms with Crippen molar-refractivity contribution in [3.63, 3.8) is 0 Å². The number of hydrogen-bond donors (Lipinski definition) is 8. The van der Waals surface area contributed by atoms with Crippen LogP contribution in [0.5, 0.6) is 0 Å². The Kier molecular flexibility index (Phi) is 19.6. The fourth-order valence-electron chi connectivity index (χ4n) is 8.94. The zero-order chi connectivity index (χ0) is 59.3. The Morgan fingerprint density at radius 3 is 1.28 bits per heavy atom. The first-order chi connectivity index (χ1) is 38.9. The molecule has 9 heterocycles. The van der Waals surface area contributed by atoms with E-state index in [-0.39, 0.29) is 41.0 Å². The fraction of sp³-hybridized carbons (Fsp3) is 0.500. The average molecular weight is 1130 g/mol. The van der Waals surface area contributed by atoms with Crippen LogP contribution >= 0.6 is 0 Å². The van der Waals surface area contributed by atoms with Crippen molar-refractivity contribution in [3.8, 4) is 6.07 Å². The molecular formula is C52H74N24O6. The number of rotatable bonds is 13. The summed E-state index contributed by atoms with van der Waals surface area (Å²) in [6.07, 6.45) is 19.5. The van der Waals surface area contributed by atoms with Gasteiger partial charge in [0, 0.05) is 97.1 Å². The number of amides is 4. The van der Waals surface area contributed by atoms with Crippen LogP contribution in [-0.2, 0) is 30.6 Å². The molecule has 0 bridgehead atoms. The summed E-state index contributed by atoms with van der Waals surface area (Å²) in [6.45, 7) is 15.3. The Morgan fingerprint density at radius 2 is 0.927 bits per heavy atom. The van der Waals surface area contributed by atoms with Gasteiger partial charge >= 0.3 is 12.2 Å². The molecule has 0 spiro atoms. The lowest BCUT2D eigenvalue weighted by atomic mass is 10.1. The Balaban J connectivity index is 0.000000179. The molecule has 9 rings (SSSR count). The molecule has 0 aliphatic carbocycles. The van der Waals surface area contributed by atoms with Crippen molar-refractivity contribution in [2.45, 2.75) is 109 Å². The summed E-state index contributed by atoms with van der Waals surface area (Å²) in [7, 11) is 5.40. The molecule has 3 unspecified atom stereocenters. The van der Waals surface area contributed by atoms with E-state index in [1.165, 1.54) is 6.20 Å². The highest BCUT2D eigenvalue weighted by molar-refractivity contribution is 5.97. The molecule has 30 heteroatoms. The molecule has 0 saturated carbocycles. The smallest absolute Gasteiger partial charge is 0.407 e. The van der Waals surface area contributed by atoms with Gasteiger partial charge in [0.15, 0.2) is 34.5 Å². The number of alkyl carbamates (subject to hydrolysis) is 2. The Bertz CT molecular complexity index is 3210. The fourth-order valence-corrected chi connectivity index (χ4v) is 8.94. The highest BCUT2D eigenvalue weighted by Gasteiger charge is 2.29. The van der Waals surface area contributed by atoms with Crippen LogP contribution in [0.15, 0.2) is 55.8 Å². The summed E-state index contributed by atoms with van der Waals surface area (Å²) in [5.41, 5.74) is 18.2. The number of nitrogens with two attached hydrogens (primary N) is 3. The second-order valence-corrected chi connectivity index (χ2v) is 21.9. The highest BCUT2D eigenvalue weighted by atomic mass is 16.6. The molecule has 3 saturated heterocycles. The molecule has 3 aliphatic rings. The van der Waals surface area contributed by atoms with Crippen LogP contribution in [-0.4, -0.2) is 152 Å². The number of nitriles is 1. The van der Waals surface area contributed by atoms with Gasteiger partial charge in [-0.1, -0.05) is 0 Å². The predicted molar refractivity (Wildman–Crippen MR) is 306 cm³/mol. The second kappa shape index (κ2) is 26.7. The van der Waals surface area contributed by atoms with Crippen LogP contribution < -0.4 is 58.5 Å². The lowest BCUT2D eigenvalue weighted by Gasteiger charge is -2.34. The summed E-state index contributed by atoms with van der Waals surface area (Å²) in [6, 6.07) is 2.04. The number of ether oxygens (including phenoxy) is 2. The SMILES string of the molecule is Cn1cc(Nc2nc(N3CCCC(N)C3)cnc2C(N)=O)cn1.Cn1cc(Nc2nc(N3CCCC(NC(=O)OC(C)(C)C)C3)cnc2C#N)cn1.Cn1cc(Nc2nc(N3CCCC(NC(=O)OC(C)(C)C)C3)cnc2C(N)=O)cn1. The minimum Gasteiger partial charge on any atom is -0.444 e. The third kappa shape index (κ3) is 17.8. The van der Waals surface area contributed by atoms with Crippen molar-refractivity contribution in [1.82, 2.24) is 69.9 Å². The highest BCUT2D eigenvalue weighted by Crippen LogP contribution is 2.27. The molecule has 82 heavy (non-hydrogen) atoms. The van der Waals surface area contributed by atoms with Crippen molar-refractivity contribution in [2.75, 3.05) is 69.9 Å². The van der Waals surface area contributed by atoms with E-state index in [2.05, 4.69) is 82.8 Å². The van der Waals surface area contributed by atoms with Crippen LogP contribution in [0.3, 0.4) is 0 Å². The summed E-state index contributed by atoms with van der Waals surface area (Å²) in [5, 5.41) is 36.6. The number of aromatic nitrogens is 12. The van der Waals surface area contributed by atoms with E-state index in [1.807, 2.05) is 58.4 Å². The summed E-state index contributed by atoms with van der Waals surface area (Å²) in [4.78, 5) is 80.0. The number of carbonyl (C=O) groups excluding carboxylic acids is 4. The second-order valence-electron chi connectivity index (χ2n) is 21.9. The molecular weight excluding hydrogens is 1060 g/mol. The third-order valence-corrected chi connectivity index (χ3v) is 12.5. The van der Waals surface area contributed by atoms with Gasteiger partial charge in [0.25, 0.3) is 11.8 Å². The molecule has 11 N–H and O–H groups in total. The monoisotopic (exact) mass is 1130 g/mol. The molecule has 438 valence electrons. The first kappa shape index (κ1) is 60.2.